The Bertz CT molecular complexity index is 422. The molecule has 2 unspecified atom stereocenters. The first-order chi connectivity index (χ1) is 7.99. The van der Waals surface area contributed by atoms with Gasteiger partial charge in [-0.3, -0.25) is 0 Å². The number of benzene rings is 1. The van der Waals surface area contributed by atoms with Gasteiger partial charge in [-0.1, -0.05) is 34.8 Å². The lowest BCUT2D eigenvalue weighted by molar-refractivity contribution is 0.430. The maximum absolute atomic E-state index is 6.22. The van der Waals surface area contributed by atoms with Crippen LogP contribution in [0.1, 0.15) is 19.8 Å². The summed E-state index contributed by atoms with van der Waals surface area (Å²) >= 11 is 18.2. The number of nitrogens with zero attached hydrogens (tertiary/aromatic N) is 1. The van der Waals surface area contributed by atoms with Crippen molar-refractivity contribution in [1.82, 2.24) is 0 Å². The van der Waals surface area contributed by atoms with E-state index in [2.05, 4.69) is 11.8 Å². The molecule has 2 N–H and O–H groups in total. The van der Waals surface area contributed by atoms with Crippen LogP contribution in [0.25, 0.3) is 0 Å². The van der Waals surface area contributed by atoms with Gasteiger partial charge in [0, 0.05) is 18.6 Å². The van der Waals surface area contributed by atoms with Crippen molar-refractivity contribution in [3.8, 4) is 0 Å². The lowest BCUT2D eigenvalue weighted by atomic mass is 9.98. The molecule has 0 aliphatic carbocycles. The fraction of sp³-hybridized carbons (Fsp3) is 0.500. The van der Waals surface area contributed by atoms with Crippen LogP contribution in [0, 0.1) is 0 Å². The van der Waals surface area contributed by atoms with E-state index >= 15 is 0 Å². The molecule has 0 saturated carbocycles. The number of halogens is 3. The van der Waals surface area contributed by atoms with Crippen molar-refractivity contribution >= 4 is 40.5 Å². The molecule has 0 aromatic heterocycles. The van der Waals surface area contributed by atoms with E-state index in [1.807, 2.05) is 6.07 Å². The van der Waals surface area contributed by atoms with Gasteiger partial charge >= 0.3 is 0 Å². The number of rotatable bonds is 1. The summed E-state index contributed by atoms with van der Waals surface area (Å²) in [6.45, 7) is 3.05. The molecule has 2 atom stereocenters. The minimum atomic E-state index is 0.280. The van der Waals surface area contributed by atoms with E-state index < -0.39 is 0 Å². The van der Waals surface area contributed by atoms with Gasteiger partial charge in [-0.2, -0.15) is 0 Å². The molecule has 1 saturated heterocycles. The van der Waals surface area contributed by atoms with Gasteiger partial charge in [0.2, 0.25) is 0 Å². The normalized spacial score (nSPS) is 25.1. The van der Waals surface area contributed by atoms with Gasteiger partial charge in [-0.15, -0.1) is 0 Å². The van der Waals surface area contributed by atoms with E-state index in [9.17, 15) is 0 Å². The molecule has 17 heavy (non-hydrogen) atoms. The molecular weight excluding hydrogens is 279 g/mol. The summed E-state index contributed by atoms with van der Waals surface area (Å²) in [5.41, 5.74) is 6.90. The maximum atomic E-state index is 6.22. The highest BCUT2D eigenvalue weighted by Gasteiger charge is 2.25. The minimum Gasteiger partial charge on any atom is -0.367 e. The van der Waals surface area contributed by atoms with Gasteiger partial charge < -0.3 is 10.6 Å². The van der Waals surface area contributed by atoms with Crippen molar-refractivity contribution in [3.05, 3.63) is 27.2 Å². The highest BCUT2D eigenvalue weighted by Crippen LogP contribution is 2.36. The summed E-state index contributed by atoms with van der Waals surface area (Å²) in [4.78, 5) is 2.24. The SMILES string of the molecule is CC1CC(N)CCN1c1cc(Cl)c(Cl)cc1Cl. The van der Waals surface area contributed by atoms with Crippen LogP contribution in [0.3, 0.4) is 0 Å². The number of piperidine rings is 1. The van der Waals surface area contributed by atoms with Crippen molar-refractivity contribution in [2.45, 2.75) is 31.8 Å². The Balaban J connectivity index is 2.31. The number of nitrogens with two attached hydrogens (primary N) is 1. The molecule has 1 aliphatic heterocycles. The van der Waals surface area contributed by atoms with Crippen LogP contribution in [0.4, 0.5) is 5.69 Å². The van der Waals surface area contributed by atoms with Crippen LogP contribution >= 0.6 is 34.8 Å². The molecule has 0 spiro atoms. The first-order valence-electron chi connectivity index (χ1n) is 5.66. The van der Waals surface area contributed by atoms with Crippen molar-refractivity contribution < 1.29 is 0 Å². The molecule has 0 amide bonds. The summed E-state index contributed by atoms with van der Waals surface area (Å²) < 4.78 is 0. The second-order valence-corrected chi connectivity index (χ2v) is 5.77. The third-order valence-corrected chi connectivity index (χ3v) is 4.24. The first-order valence-corrected chi connectivity index (χ1v) is 6.79. The highest BCUT2D eigenvalue weighted by atomic mass is 35.5. The molecule has 5 heteroatoms. The quantitative estimate of drug-likeness (QED) is 0.794. The van der Waals surface area contributed by atoms with Gasteiger partial charge in [0.05, 0.1) is 20.8 Å². The van der Waals surface area contributed by atoms with E-state index in [1.54, 1.807) is 6.07 Å². The van der Waals surface area contributed by atoms with E-state index in [1.165, 1.54) is 0 Å². The second-order valence-electron chi connectivity index (χ2n) is 4.54. The van der Waals surface area contributed by atoms with Crippen molar-refractivity contribution in [1.29, 1.82) is 0 Å². The summed E-state index contributed by atoms with van der Waals surface area (Å²) in [7, 11) is 0. The molecule has 0 bridgehead atoms. The predicted octanol–water partition coefficient (Wildman–Crippen LogP) is 3.96. The molecule has 2 nitrogen and oxygen atoms in total. The Hall–Kier alpha value is -0.150. The minimum absolute atomic E-state index is 0.280. The van der Waals surface area contributed by atoms with Crippen molar-refractivity contribution in [2.24, 2.45) is 5.73 Å². The number of anilines is 1. The van der Waals surface area contributed by atoms with E-state index in [-0.39, 0.29) is 6.04 Å². The first kappa shape index (κ1) is 13.3. The largest absolute Gasteiger partial charge is 0.367 e. The Kier molecular flexibility index (Phi) is 4.09. The van der Waals surface area contributed by atoms with Crippen LogP contribution < -0.4 is 10.6 Å². The van der Waals surface area contributed by atoms with Crippen LogP contribution in [-0.2, 0) is 0 Å². The summed E-state index contributed by atoms with van der Waals surface area (Å²) in [5, 5.41) is 1.66. The Labute approximate surface area is 117 Å². The molecule has 94 valence electrons. The van der Waals surface area contributed by atoms with Crippen LogP contribution in [0.2, 0.25) is 15.1 Å². The third kappa shape index (κ3) is 2.82. The van der Waals surface area contributed by atoms with Crippen LogP contribution in [0.15, 0.2) is 12.1 Å². The number of hydrogen-bond acceptors (Lipinski definition) is 2. The monoisotopic (exact) mass is 292 g/mol. The Morgan fingerprint density at radius 1 is 1.18 bits per heavy atom. The molecule has 0 radical (unpaired) electrons. The Morgan fingerprint density at radius 2 is 1.82 bits per heavy atom. The average molecular weight is 294 g/mol. The summed E-state index contributed by atoms with van der Waals surface area (Å²) in [6.07, 6.45) is 1.94. The molecule has 1 aliphatic rings. The maximum Gasteiger partial charge on any atom is 0.0655 e. The topological polar surface area (TPSA) is 29.3 Å². The molecule has 2 rings (SSSR count). The smallest absolute Gasteiger partial charge is 0.0655 e. The van der Waals surface area contributed by atoms with Gasteiger partial charge in [0.25, 0.3) is 0 Å². The zero-order chi connectivity index (χ0) is 12.6. The van der Waals surface area contributed by atoms with Gasteiger partial charge in [-0.25, -0.2) is 0 Å². The third-order valence-electron chi connectivity index (χ3n) is 3.22. The lowest BCUT2D eigenvalue weighted by Crippen LogP contribution is -2.45. The summed E-state index contributed by atoms with van der Waals surface area (Å²) in [5.74, 6) is 0. The average Bonchev–Trinajstić information content (AvgIpc) is 2.24. The fourth-order valence-corrected chi connectivity index (χ4v) is 2.95. The molecule has 1 heterocycles. The van der Waals surface area contributed by atoms with Gasteiger partial charge in [-0.05, 0) is 31.9 Å². The summed E-state index contributed by atoms with van der Waals surface area (Å²) in [6, 6.07) is 4.18. The lowest BCUT2D eigenvalue weighted by Gasteiger charge is -2.38. The molecule has 1 aromatic carbocycles. The zero-order valence-electron chi connectivity index (χ0n) is 9.59. The number of hydrogen-bond donors (Lipinski definition) is 1. The van der Waals surface area contributed by atoms with E-state index in [4.69, 9.17) is 40.5 Å². The van der Waals surface area contributed by atoms with E-state index in [0.717, 1.165) is 25.1 Å². The van der Waals surface area contributed by atoms with Crippen LogP contribution in [0.5, 0.6) is 0 Å². The van der Waals surface area contributed by atoms with Crippen LogP contribution in [-0.4, -0.2) is 18.6 Å². The molecular formula is C12H15Cl3N2. The standard InChI is InChI=1S/C12H15Cl3N2/c1-7-4-8(16)2-3-17(7)12-6-10(14)9(13)5-11(12)15/h5-8H,2-4,16H2,1H3. The van der Waals surface area contributed by atoms with E-state index in [0.29, 0.717) is 21.1 Å². The van der Waals surface area contributed by atoms with Gasteiger partial charge in [0.15, 0.2) is 0 Å². The fourth-order valence-electron chi connectivity index (χ4n) is 2.30. The molecule has 1 fully saturated rings. The second kappa shape index (κ2) is 5.23. The van der Waals surface area contributed by atoms with Crippen molar-refractivity contribution in [3.63, 3.8) is 0 Å². The molecule has 1 aromatic rings. The zero-order valence-corrected chi connectivity index (χ0v) is 11.9. The Morgan fingerprint density at radius 3 is 2.47 bits per heavy atom. The highest BCUT2D eigenvalue weighted by molar-refractivity contribution is 6.44. The van der Waals surface area contributed by atoms with Crippen molar-refractivity contribution in [2.75, 3.05) is 11.4 Å². The predicted molar refractivity (Wildman–Crippen MR) is 75.5 cm³/mol. The van der Waals surface area contributed by atoms with Gasteiger partial charge in [0.1, 0.15) is 0 Å².